The van der Waals surface area contributed by atoms with Gasteiger partial charge in [-0.2, -0.15) is 8.78 Å². The van der Waals surface area contributed by atoms with E-state index >= 15 is 0 Å². The van der Waals surface area contributed by atoms with Gasteiger partial charge in [-0.25, -0.2) is 18.6 Å². The van der Waals surface area contributed by atoms with Gasteiger partial charge >= 0.3 is 12.7 Å². The van der Waals surface area contributed by atoms with Crippen LogP contribution in [0.25, 0.3) is 11.5 Å². The first-order valence-corrected chi connectivity index (χ1v) is 11.6. The third-order valence-corrected chi connectivity index (χ3v) is 5.57. The largest absolute Gasteiger partial charge is 0.484 e. The molecule has 0 bridgehead atoms. The van der Waals surface area contributed by atoms with Crippen LogP contribution < -0.4 is 20.5 Å². The minimum Gasteiger partial charge on any atom is -0.484 e. The predicted molar refractivity (Wildman–Crippen MR) is 125 cm³/mol. The Bertz CT molecular complexity index is 1350. The number of alkyl halides is 2. The fraction of sp³-hybridized carbons (Fsp3) is 0.320. The van der Waals surface area contributed by atoms with Crippen LogP contribution in [0.5, 0.6) is 11.5 Å². The Balaban J connectivity index is 1.65. The molecule has 1 fully saturated rings. The van der Waals surface area contributed by atoms with Crippen LogP contribution in [0.4, 0.5) is 22.4 Å². The van der Waals surface area contributed by atoms with Gasteiger partial charge in [0.15, 0.2) is 29.1 Å². The van der Waals surface area contributed by atoms with Crippen molar-refractivity contribution < 1.29 is 50.5 Å². The van der Waals surface area contributed by atoms with E-state index in [1.165, 1.54) is 31.2 Å². The number of carbonyl (C=O) groups excluding carboxylic acids is 2. The summed E-state index contributed by atoms with van der Waals surface area (Å²) < 4.78 is 79.3. The highest BCUT2D eigenvalue weighted by Crippen LogP contribution is 2.36. The van der Waals surface area contributed by atoms with Gasteiger partial charge in [0, 0.05) is 30.2 Å². The lowest BCUT2D eigenvalue weighted by atomic mass is 10.2. The molecule has 1 aromatic heterocycles. The molecule has 4 rings (SSSR count). The van der Waals surface area contributed by atoms with Crippen LogP contribution in [-0.4, -0.2) is 42.9 Å². The highest BCUT2D eigenvalue weighted by Gasteiger charge is 2.28. The van der Waals surface area contributed by atoms with Crippen LogP contribution in [0.3, 0.4) is 0 Å². The summed E-state index contributed by atoms with van der Waals surface area (Å²) in [4.78, 5) is 28.5. The van der Waals surface area contributed by atoms with Crippen LogP contribution in [0, 0.1) is 11.6 Å². The van der Waals surface area contributed by atoms with Gasteiger partial charge in [-0.3, -0.25) is 4.79 Å². The van der Waals surface area contributed by atoms with E-state index in [4.69, 9.17) is 24.4 Å². The Morgan fingerprint density at radius 3 is 2.64 bits per heavy atom. The van der Waals surface area contributed by atoms with Gasteiger partial charge in [-0.15, -0.1) is 0 Å². The lowest BCUT2D eigenvalue weighted by molar-refractivity contribution is -0.0521. The van der Waals surface area contributed by atoms with Crippen molar-refractivity contribution in [2.45, 2.75) is 38.7 Å². The summed E-state index contributed by atoms with van der Waals surface area (Å²) in [7, 11) is 0. The summed E-state index contributed by atoms with van der Waals surface area (Å²) in [6.45, 7) is -1.36. The van der Waals surface area contributed by atoms with E-state index < -0.39 is 42.5 Å². The van der Waals surface area contributed by atoms with Gasteiger partial charge < -0.3 is 34.4 Å². The number of rotatable bonds is 10. The van der Waals surface area contributed by atoms with E-state index in [9.17, 15) is 27.2 Å². The molecule has 0 saturated carbocycles. The minimum atomic E-state index is -3.11. The van der Waals surface area contributed by atoms with Crippen LogP contribution in [0.2, 0.25) is 0 Å². The van der Waals surface area contributed by atoms with E-state index in [-0.39, 0.29) is 53.1 Å². The molecule has 0 aliphatic carbocycles. The molecule has 1 unspecified atom stereocenters. The van der Waals surface area contributed by atoms with Crippen molar-refractivity contribution in [1.29, 1.82) is 0 Å². The van der Waals surface area contributed by atoms with Crippen molar-refractivity contribution in [2.24, 2.45) is 5.73 Å². The molecule has 1 saturated heterocycles. The summed E-state index contributed by atoms with van der Waals surface area (Å²) >= 11 is 0. The van der Waals surface area contributed by atoms with Crippen molar-refractivity contribution in [3.63, 3.8) is 0 Å². The van der Waals surface area contributed by atoms with Crippen LogP contribution in [0.1, 0.15) is 41.3 Å². The van der Waals surface area contributed by atoms with Gasteiger partial charge in [0.2, 0.25) is 5.89 Å². The van der Waals surface area contributed by atoms with Gasteiger partial charge in [0.1, 0.15) is 17.7 Å². The number of ether oxygens (including phenoxy) is 4. The molecular weight excluding hydrogens is 530 g/mol. The summed E-state index contributed by atoms with van der Waals surface area (Å²) in [5.41, 5.74) is 4.99. The average molecular weight is 553 g/mol. The number of hydrogen-bond donors (Lipinski definition) is 2. The third kappa shape index (κ3) is 6.96. The first kappa shape index (κ1) is 27.7. The van der Waals surface area contributed by atoms with Gasteiger partial charge in [0.25, 0.3) is 5.91 Å². The second kappa shape index (κ2) is 12.0. The maximum absolute atomic E-state index is 14.0. The van der Waals surface area contributed by atoms with Crippen molar-refractivity contribution in [1.82, 2.24) is 10.3 Å². The number of carbonyl (C=O) groups is 2. The van der Waals surface area contributed by atoms with Gasteiger partial charge in [-0.1, -0.05) is 6.07 Å². The number of nitrogens with two attached hydrogens (primary N) is 1. The number of oxazole rings is 1. The van der Waals surface area contributed by atoms with Crippen molar-refractivity contribution in [3.8, 4) is 23.0 Å². The highest BCUT2D eigenvalue weighted by atomic mass is 19.3. The second-order valence-electron chi connectivity index (χ2n) is 8.37. The molecule has 2 heterocycles. The summed E-state index contributed by atoms with van der Waals surface area (Å²) in [6, 6.07) is 6.77. The predicted octanol–water partition coefficient (Wildman–Crippen LogP) is 4.48. The standard InChI is InChI=1S/C25H23F4N3O7/c1-12(36-25(30)34)21-20(22(33)31-10-14-2-4-15(26)9-17(14)27)32-23(39-21)13-3-5-18(38-24(28)29)19(8-13)37-16-6-7-35-11-16/h2-5,8-9,12,16,24H,6-7,10-11H2,1H3,(H2,30,34)(H,31,33)/t12-,16?/m0/s1. The first-order chi connectivity index (χ1) is 18.6. The van der Waals surface area contributed by atoms with Crippen LogP contribution in [-0.2, 0) is 16.0 Å². The molecule has 1 aliphatic rings. The Kier molecular flexibility index (Phi) is 8.54. The van der Waals surface area contributed by atoms with Gasteiger partial charge in [-0.05, 0) is 31.2 Å². The Labute approximate surface area is 219 Å². The van der Waals surface area contributed by atoms with E-state index in [2.05, 4.69) is 15.0 Å². The number of hydrogen-bond acceptors (Lipinski definition) is 8. The number of halogens is 4. The fourth-order valence-electron chi connectivity index (χ4n) is 3.76. The lowest BCUT2D eigenvalue weighted by Gasteiger charge is -2.16. The Hall–Kier alpha value is -4.33. The van der Waals surface area contributed by atoms with Crippen molar-refractivity contribution in [3.05, 3.63) is 65.1 Å². The van der Waals surface area contributed by atoms with E-state index in [0.717, 1.165) is 6.07 Å². The SMILES string of the molecule is C[C@H](OC(N)=O)c1oc(-c2ccc(OC(F)F)c(OC3CCOC3)c2)nc1C(=O)NCc1ccc(F)cc1F. The van der Waals surface area contributed by atoms with Gasteiger partial charge in [0.05, 0.1) is 13.2 Å². The first-order valence-electron chi connectivity index (χ1n) is 11.6. The third-order valence-electron chi connectivity index (χ3n) is 5.57. The number of primary amides is 1. The quantitative estimate of drug-likeness (QED) is 0.351. The lowest BCUT2D eigenvalue weighted by Crippen LogP contribution is -2.26. The number of aromatic nitrogens is 1. The average Bonchev–Trinajstić information content (AvgIpc) is 3.54. The smallest absolute Gasteiger partial charge is 0.405 e. The molecule has 2 atom stereocenters. The Morgan fingerprint density at radius 1 is 1.18 bits per heavy atom. The zero-order valence-corrected chi connectivity index (χ0v) is 20.4. The molecule has 0 radical (unpaired) electrons. The van der Waals surface area contributed by atoms with Crippen LogP contribution >= 0.6 is 0 Å². The number of amides is 2. The fourth-order valence-corrected chi connectivity index (χ4v) is 3.76. The van der Waals surface area contributed by atoms with Crippen molar-refractivity contribution >= 4 is 12.0 Å². The maximum Gasteiger partial charge on any atom is 0.405 e. The molecule has 1 aliphatic heterocycles. The summed E-state index contributed by atoms with van der Waals surface area (Å²) in [6.07, 6.45) is -2.19. The molecule has 0 spiro atoms. The number of nitrogens with zero attached hydrogens (tertiary/aromatic N) is 1. The van der Waals surface area contributed by atoms with Crippen molar-refractivity contribution in [2.75, 3.05) is 13.2 Å². The monoisotopic (exact) mass is 553 g/mol. The molecule has 3 N–H and O–H groups in total. The zero-order chi connectivity index (χ0) is 28.1. The molecule has 10 nitrogen and oxygen atoms in total. The molecular formula is C25H23F4N3O7. The summed E-state index contributed by atoms with van der Waals surface area (Å²) in [5.74, 6) is -3.11. The van der Waals surface area contributed by atoms with E-state index in [1.54, 1.807) is 0 Å². The molecule has 2 amide bonds. The van der Waals surface area contributed by atoms with Crippen LogP contribution in [0.15, 0.2) is 40.8 Å². The normalized spacial score (nSPS) is 15.7. The topological polar surface area (TPSA) is 135 Å². The summed E-state index contributed by atoms with van der Waals surface area (Å²) in [5, 5.41) is 2.44. The minimum absolute atomic E-state index is 0.00348. The molecule has 2 aromatic carbocycles. The highest BCUT2D eigenvalue weighted by molar-refractivity contribution is 5.94. The molecule has 14 heteroatoms. The second-order valence-corrected chi connectivity index (χ2v) is 8.37. The maximum atomic E-state index is 14.0. The molecule has 208 valence electrons. The molecule has 3 aromatic rings. The van der Waals surface area contributed by atoms with E-state index in [1.807, 2.05) is 0 Å². The Morgan fingerprint density at radius 2 is 1.97 bits per heavy atom. The molecule has 39 heavy (non-hydrogen) atoms. The zero-order valence-electron chi connectivity index (χ0n) is 20.4. The van der Waals surface area contributed by atoms with E-state index in [0.29, 0.717) is 19.1 Å². The number of nitrogens with one attached hydrogen (secondary N) is 1. The number of benzene rings is 2.